The summed E-state index contributed by atoms with van der Waals surface area (Å²) in [6.45, 7) is 6.78. The number of nitrogens with two attached hydrogens (primary N) is 1. The zero-order valence-corrected chi connectivity index (χ0v) is 11.0. The number of hydrogen-bond donors (Lipinski definition) is 2. The lowest BCUT2D eigenvalue weighted by Crippen LogP contribution is -2.30. The molecule has 0 fully saturated rings. The third kappa shape index (κ3) is 4.56. The molecule has 5 nitrogen and oxygen atoms in total. The van der Waals surface area contributed by atoms with E-state index in [0.29, 0.717) is 24.2 Å². The molecule has 0 bridgehead atoms. The minimum Gasteiger partial charge on any atom is -0.481 e. The molecule has 0 aliphatic heterocycles. The third-order valence-corrected chi connectivity index (χ3v) is 2.42. The standard InChI is InChI=1S/C12H22N4O/c1-8(2)5-10(7-13)16-11-6-12(17-4)15-9(3)14-11/h6,8,10H,5,7,13H2,1-4H3,(H,14,15,16). The van der Waals surface area contributed by atoms with Crippen molar-refractivity contribution in [1.29, 1.82) is 0 Å². The maximum Gasteiger partial charge on any atom is 0.218 e. The van der Waals surface area contributed by atoms with Gasteiger partial charge >= 0.3 is 0 Å². The summed E-state index contributed by atoms with van der Waals surface area (Å²) in [4.78, 5) is 8.46. The Morgan fingerprint density at radius 1 is 1.41 bits per heavy atom. The van der Waals surface area contributed by atoms with Crippen molar-refractivity contribution in [3.63, 3.8) is 0 Å². The second-order valence-corrected chi connectivity index (χ2v) is 4.55. The average molecular weight is 238 g/mol. The van der Waals surface area contributed by atoms with Crippen molar-refractivity contribution in [2.75, 3.05) is 19.0 Å². The van der Waals surface area contributed by atoms with Crippen LogP contribution in [0.5, 0.6) is 5.88 Å². The van der Waals surface area contributed by atoms with Crippen LogP contribution in [0.1, 0.15) is 26.1 Å². The van der Waals surface area contributed by atoms with E-state index in [2.05, 4.69) is 29.1 Å². The fourth-order valence-corrected chi connectivity index (χ4v) is 1.71. The third-order valence-electron chi connectivity index (χ3n) is 2.42. The van der Waals surface area contributed by atoms with E-state index in [1.165, 1.54) is 0 Å². The van der Waals surface area contributed by atoms with Gasteiger partial charge in [-0.25, -0.2) is 4.98 Å². The molecule has 1 aromatic rings. The fourth-order valence-electron chi connectivity index (χ4n) is 1.71. The first kappa shape index (κ1) is 13.7. The van der Waals surface area contributed by atoms with E-state index in [9.17, 15) is 0 Å². The van der Waals surface area contributed by atoms with Crippen LogP contribution in [0.4, 0.5) is 5.82 Å². The summed E-state index contributed by atoms with van der Waals surface area (Å²) in [5, 5.41) is 3.32. The van der Waals surface area contributed by atoms with Crippen LogP contribution < -0.4 is 15.8 Å². The first-order valence-electron chi connectivity index (χ1n) is 5.91. The number of hydrogen-bond acceptors (Lipinski definition) is 5. The predicted octanol–water partition coefficient (Wildman–Crippen LogP) is 1.58. The second-order valence-electron chi connectivity index (χ2n) is 4.55. The van der Waals surface area contributed by atoms with E-state index < -0.39 is 0 Å². The zero-order chi connectivity index (χ0) is 12.8. The van der Waals surface area contributed by atoms with E-state index in [1.54, 1.807) is 13.2 Å². The topological polar surface area (TPSA) is 73.1 Å². The van der Waals surface area contributed by atoms with Crippen LogP contribution in [0.25, 0.3) is 0 Å². The van der Waals surface area contributed by atoms with Crippen LogP contribution in [-0.2, 0) is 0 Å². The van der Waals surface area contributed by atoms with Gasteiger partial charge in [-0.2, -0.15) is 4.98 Å². The van der Waals surface area contributed by atoms with Gasteiger partial charge in [0.15, 0.2) is 0 Å². The number of aryl methyl sites for hydroxylation is 1. The largest absolute Gasteiger partial charge is 0.481 e. The number of nitrogens with zero attached hydrogens (tertiary/aromatic N) is 2. The van der Waals surface area contributed by atoms with E-state index in [0.717, 1.165) is 12.2 Å². The molecule has 0 spiro atoms. The lowest BCUT2D eigenvalue weighted by Gasteiger charge is -2.19. The molecule has 0 radical (unpaired) electrons. The molecule has 1 unspecified atom stereocenters. The highest BCUT2D eigenvalue weighted by Gasteiger charge is 2.10. The molecule has 96 valence electrons. The molecule has 0 aromatic carbocycles. The Morgan fingerprint density at radius 2 is 2.12 bits per heavy atom. The van der Waals surface area contributed by atoms with Crippen molar-refractivity contribution in [2.24, 2.45) is 11.7 Å². The Morgan fingerprint density at radius 3 is 2.65 bits per heavy atom. The SMILES string of the molecule is COc1cc(NC(CN)CC(C)C)nc(C)n1. The van der Waals surface area contributed by atoms with Gasteiger partial charge in [0, 0.05) is 18.7 Å². The number of ether oxygens (including phenoxy) is 1. The molecule has 0 aliphatic rings. The van der Waals surface area contributed by atoms with Gasteiger partial charge in [0.25, 0.3) is 0 Å². The molecule has 1 aromatic heterocycles. The molecular formula is C12H22N4O. The van der Waals surface area contributed by atoms with Gasteiger partial charge in [-0.15, -0.1) is 0 Å². The highest BCUT2D eigenvalue weighted by atomic mass is 16.5. The lowest BCUT2D eigenvalue weighted by atomic mass is 10.0. The van der Waals surface area contributed by atoms with Crippen LogP contribution >= 0.6 is 0 Å². The summed E-state index contributed by atoms with van der Waals surface area (Å²) in [7, 11) is 1.60. The van der Waals surface area contributed by atoms with E-state index in [-0.39, 0.29) is 6.04 Å². The van der Waals surface area contributed by atoms with Crippen LogP contribution in [-0.4, -0.2) is 29.7 Å². The van der Waals surface area contributed by atoms with Crippen LogP contribution in [0.3, 0.4) is 0 Å². The highest BCUT2D eigenvalue weighted by Crippen LogP contribution is 2.15. The Bertz CT molecular complexity index is 354. The molecule has 17 heavy (non-hydrogen) atoms. The van der Waals surface area contributed by atoms with Crippen LogP contribution in [0.2, 0.25) is 0 Å². The van der Waals surface area contributed by atoms with Gasteiger partial charge < -0.3 is 15.8 Å². The van der Waals surface area contributed by atoms with Crippen molar-refractivity contribution in [2.45, 2.75) is 33.2 Å². The molecule has 1 heterocycles. The summed E-state index contributed by atoms with van der Waals surface area (Å²) in [5.41, 5.74) is 5.74. The normalized spacial score (nSPS) is 12.6. The Balaban J connectivity index is 2.74. The van der Waals surface area contributed by atoms with Crippen molar-refractivity contribution >= 4 is 5.82 Å². The number of methoxy groups -OCH3 is 1. The molecule has 0 saturated carbocycles. The van der Waals surface area contributed by atoms with Crippen molar-refractivity contribution in [3.8, 4) is 5.88 Å². The molecule has 1 atom stereocenters. The second kappa shape index (κ2) is 6.39. The predicted molar refractivity (Wildman–Crippen MR) is 69.2 cm³/mol. The monoisotopic (exact) mass is 238 g/mol. The summed E-state index contributed by atoms with van der Waals surface area (Å²) < 4.78 is 5.11. The Labute approximate surface area is 103 Å². The van der Waals surface area contributed by atoms with E-state index in [1.807, 2.05) is 6.92 Å². The molecule has 0 amide bonds. The molecule has 3 N–H and O–H groups in total. The summed E-state index contributed by atoms with van der Waals surface area (Å²) in [5.74, 6) is 2.62. The quantitative estimate of drug-likeness (QED) is 0.787. The van der Waals surface area contributed by atoms with E-state index in [4.69, 9.17) is 10.5 Å². The number of rotatable bonds is 6. The van der Waals surface area contributed by atoms with Crippen LogP contribution in [0, 0.1) is 12.8 Å². The van der Waals surface area contributed by atoms with Crippen molar-refractivity contribution in [1.82, 2.24) is 9.97 Å². The highest BCUT2D eigenvalue weighted by molar-refractivity contribution is 5.39. The summed E-state index contributed by atoms with van der Waals surface area (Å²) in [6, 6.07) is 2.02. The maximum atomic E-state index is 5.74. The zero-order valence-electron chi connectivity index (χ0n) is 11.0. The van der Waals surface area contributed by atoms with Crippen molar-refractivity contribution < 1.29 is 4.74 Å². The van der Waals surface area contributed by atoms with Gasteiger partial charge in [0.2, 0.25) is 5.88 Å². The Kier molecular flexibility index (Phi) is 5.15. The molecule has 1 rings (SSSR count). The van der Waals surface area contributed by atoms with E-state index >= 15 is 0 Å². The van der Waals surface area contributed by atoms with Crippen LogP contribution in [0.15, 0.2) is 6.07 Å². The van der Waals surface area contributed by atoms with Gasteiger partial charge in [0.1, 0.15) is 11.6 Å². The minimum absolute atomic E-state index is 0.231. The van der Waals surface area contributed by atoms with Gasteiger partial charge in [-0.3, -0.25) is 0 Å². The molecule has 5 heteroatoms. The number of nitrogens with one attached hydrogen (secondary N) is 1. The molecule has 0 saturated heterocycles. The Hall–Kier alpha value is -1.36. The first-order chi connectivity index (χ1) is 8.05. The minimum atomic E-state index is 0.231. The smallest absolute Gasteiger partial charge is 0.218 e. The average Bonchev–Trinajstić information content (AvgIpc) is 2.26. The number of aromatic nitrogens is 2. The summed E-state index contributed by atoms with van der Waals surface area (Å²) >= 11 is 0. The lowest BCUT2D eigenvalue weighted by molar-refractivity contribution is 0.395. The summed E-state index contributed by atoms with van der Waals surface area (Å²) in [6.07, 6.45) is 1.02. The maximum absolute atomic E-state index is 5.74. The van der Waals surface area contributed by atoms with Crippen molar-refractivity contribution in [3.05, 3.63) is 11.9 Å². The fraction of sp³-hybridized carbons (Fsp3) is 0.667. The van der Waals surface area contributed by atoms with Gasteiger partial charge in [0.05, 0.1) is 7.11 Å². The van der Waals surface area contributed by atoms with Gasteiger partial charge in [-0.05, 0) is 19.3 Å². The molecule has 0 aliphatic carbocycles. The van der Waals surface area contributed by atoms with Gasteiger partial charge in [-0.1, -0.05) is 13.8 Å². The molecular weight excluding hydrogens is 216 g/mol. The first-order valence-corrected chi connectivity index (χ1v) is 5.91. The number of anilines is 1.